The first-order valence-electron chi connectivity index (χ1n) is 4.60. The fraction of sp³-hybridized carbons (Fsp3) is 0.400. The largest absolute Gasteiger partial charge is 0.337 e. The van der Waals surface area contributed by atoms with Crippen molar-refractivity contribution >= 4 is 11.8 Å². The standard InChI is InChI=1S/C10H14N4S/c1-4-7-6(2)10(15-3)14(13)9(12)8(7)5-11/h12H,4,13H2,1-3H3. The number of rotatable bonds is 2. The molecular formula is C10H14N4S. The highest BCUT2D eigenvalue weighted by Gasteiger charge is 2.13. The lowest BCUT2D eigenvalue weighted by Crippen LogP contribution is -2.32. The molecule has 0 fully saturated rings. The number of pyridine rings is 1. The molecule has 0 unspecified atom stereocenters. The van der Waals surface area contributed by atoms with Crippen LogP contribution in [-0.4, -0.2) is 10.9 Å². The van der Waals surface area contributed by atoms with Crippen molar-refractivity contribution in [3.63, 3.8) is 0 Å². The van der Waals surface area contributed by atoms with Crippen LogP contribution in [0.3, 0.4) is 0 Å². The van der Waals surface area contributed by atoms with E-state index in [9.17, 15) is 0 Å². The van der Waals surface area contributed by atoms with Crippen LogP contribution in [0.1, 0.15) is 23.6 Å². The number of aromatic nitrogens is 1. The van der Waals surface area contributed by atoms with Gasteiger partial charge in [-0.25, -0.2) is 4.68 Å². The molecule has 0 aliphatic rings. The maximum atomic E-state index is 9.00. The molecule has 80 valence electrons. The topological polar surface area (TPSA) is 78.6 Å². The second-order valence-electron chi connectivity index (χ2n) is 3.17. The van der Waals surface area contributed by atoms with Gasteiger partial charge in [-0.3, -0.25) is 5.41 Å². The maximum Gasteiger partial charge on any atom is 0.162 e. The van der Waals surface area contributed by atoms with Gasteiger partial charge in [0.15, 0.2) is 5.49 Å². The van der Waals surface area contributed by atoms with Crippen molar-refractivity contribution in [1.82, 2.24) is 4.68 Å². The molecule has 5 heteroatoms. The molecule has 0 saturated carbocycles. The molecule has 0 saturated heterocycles. The minimum absolute atomic E-state index is 0.0873. The van der Waals surface area contributed by atoms with Crippen molar-refractivity contribution in [2.24, 2.45) is 0 Å². The first-order chi connectivity index (χ1) is 7.08. The molecule has 1 rings (SSSR count). The van der Waals surface area contributed by atoms with E-state index in [1.807, 2.05) is 20.1 Å². The van der Waals surface area contributed by atoms with Crippen LogP contribution in [0.5, 0.6) is 0 Å². The summed E-state index contributed by atoms with van der Waals surface area (Å²) in [6.45, 7) is 3.92. The van der Waals surface area contributed by atoms with Gasteiger partial charge in [0.25, 0.3) is 0 Å². The lowest BCUT2D eigenvalue weighted by atomic mass is 10.0. The van der Waals surface area contributed by atoms with Crippen LogP contribution < -0.4 is 11.3 Å². The van der Waals surface area contributed by atoms with Crippen molar-refractivity contribution in [2.45, 2.75) is 25.3 Å². The third kappa shape index (κ3) is 1.73. The summed E-state index contributed by atoms with van der Waals surface area (Å²) in [6.07, 6.45) is 2.66. The van der Waals surface area contributed by atoms with Gasteiger partial charge in [0.05, 0.1) is 5.56 Å². The number of thioether (sulfide) groups is 1. The molecule has 0 aromatic carbocycles. The lowest BCUT2D eigenvalue weighted by Gasteiger charge is -2.15. The first kappa shape index (κ1) is 11.7. The van der Waals surface area contributed by atoms with E-state index >= 15 is 0 Å². The maximum absolute atomic E-state index is 9.00. The number of nitrogens with zero attached hydrogens (tertiary/aromatic N) is 2. The van der Waals surface area contributed by atoms with Crippen molar-refractivity contribution in [3.8, 4) is 6.07 Å². The summed E-state index contributed by atoms with van der Waals surface area (Å²) in [6, 6.07) is 2.05. The van der Waals surface area contributed by atoms with Crippen LogP contribution in [0.2, 0.25) is 0 Å². The highest BCUT2D eigenvalue weighted by atomic mass is 32.2. The average molecular weight is 222 g/mol. The van der Waals surface area contributed by atoms with Crippen LogP contribution in [0, 0.1) is 23.7 Å². The molecule has 15 heavy (non-hydrogen) atoms. The van der Waals surface area contributed by atoms with Gasteiger partial charge in [-0.1, -0.05) is 6.92 Å². The molecule has 0 radical (unpaired) electrons. The molecule has 0 atom stereocenters. The van der Waals surface area contributed by atoms with Gasteiger partial charge in [0.1, 0.15) is 11.1 Å². The molecular weight excluding hydrogens is 208 g/mol. The summed E-state index contributed by atoms with van der Waals surface area (Å²) in [7, 11) is 0. The monoisotopic (exact) mass is 222 g/mol. The minimum Gasteiger partial charge on any atom is -0.337 e. The number of nitrogens with one attached hydrogen (secondary N) is 1. The van der Waals surface area contributed by atoms with Crippen molar-refractivity contribution in [2.75, 3.05) is 12.1 Å². The van der Waals surface area contributed by atoms with Gasteiger partial charge in [0.2, 0.25) is 0 Å². The second-order valence-corrected chi connectivity index (χ2v) is 3.97. The number of nitrogen functional groups attached to an aromatic ring is 1. The Labute approximate surface area is 93.2 Å². The third-order valence-corrected chi connectivity index (χ3v) is 3.32. The predicted molar refractivity (Wildman–Crippen MR) is 61.0 cm³/mol. The molecule has 0 bridgehead atoms. The Morgan fingerprint density at radius 3 is 2.60 bits per heavy atom. The summed E-state index contributed by atoms with van der Waals surface area (Å²) < 4.78 is 1.28. The summed E-state index contributed by atoms with van der Waals surface area (Å²) in [5.74, 6) is 5.75. The van der Waals surface area contributed by atoms with Crippen molar-refractivity contribution < 1.29 is 0 Å². The zero-order valence-electron chi connectivity index (χ0n) is 9.09. The Morgan fingerprint density at radius 2 is 2.20 bits per heavy atom. The highest BCUT2D eigenvalue weighted by Crippen LogP contribution is 2.22. The predicted octanol–water partition coefficient (Wildman–Crippen LogP) is 1.15. The van der Waals surface area contributed by atoms with E-state index in [2.05, 4.69) is 6.07 Å². The fourth-order valence-corrected chi connectivity index (χ4v) is 2.39. The van der Waals surface area contributed by atoms with Crippen molar-refractivity contribution in [1.29, 1.82) is 10.7 Å². The smallest absolute Gasteiger partial charge is 0.162 e. The molecule has 4 nitrogen and oxygen atoms in total. The zero-order chi connectivity index (χ0) is 11.6. The molecule has 1 aromatic heterocycles. The summed E-state index contributed by atoms with van der Waals surface area (Å²) >= 11 is 1.49. The van der Waals surface area contributed by atoms with E-state index in [0.717, 1.165) is 22.6 Å². The Morgan fingerprint density at radius 1 is 1.60 bits per heavy atom. The van der Waals surface area contributed by atoms with Crippen LogP contribution in [0.4, 0.5) is 0 Å². The molecule has 0 spiro atoms. The van der Waals surface area contributed by atoms with E-state index in [0.29, 0.717) is 5.56 Å². The van der Waals surface area contributed by atoms with E-state index < -0.39 is 0 Å². The van der Waals surface area contributed by atoms with Gasteiger partial charge in [-0.15, -0.1) is 11.8 Å². The van der Waals surface area contributed by atoms with Gasteiger partial charge >= 0.3 is 0 Å². The number of hydrogen-bond acceptors (Lipinski definition) is 4. The van der Waals surface area contributed by atoms with Crippen LogP contribution >= 0.6 is 11.8 Å². The average Bonchev–Trinajstić information content (AvgIpc) is 2.23. The highest BCUT2D eigenvalue weighted by molar-refractivity contribution is 7.98. The first-order valence-corrected chi connectivity index (χ1v) is 5.83. The molecule has 1 heterocycles. The minimum atomic E-state index is 0.0873. The number of nitriles is 1. The molecule has 0 amide bonds. The molecule has 0 aliphatic heterocycles. The summed E-state index contributed by atoms with van der Waals surface area (Å²) in [5, 5.41) is 17.6. The van der Waals surface area contributed by atoms with E-state index in [1.165, 1.54) is 16.4 Å². The fourth-order valence-electron chi connectivity index (χ4n) is 1.68. The quantitative estimate of drug-likeness (QED) is 0.582. The SMILES string of the molecule is CCc1c(C)c(SC)n(N)c(=N)c1C#N. The Balaban J connectivity index is 3.75. The van der Waals surface area contributed by atoms with Crippen molar-refractivity contribution in [3.05, 3.63) is 22.2 Å². The van der Waals surface area contributed by atoms with Gasteiger partial charge in [0, 0.05) is 0 Å². The number of hydrogen-bond donors (Lipinski definition) is 2. The Kier molecular flexibility index (Phi) is 3.43. The second kappa shape index (κ2) is 4.41. The van der Waals surface area contributed by atoms with Crippen LogP contribution in [-0.2, 0) is 6.42 Å². The molecule has 3 N–H and O–H groups in total. The summed E-state index contributed by atoms with van der Waals surface area (Å²) in [4.78, 5) is 0. The van der Waals surface area contributed by atoms with E-state index in [4.69, 9.17) is 16.5 Å². The van der Waals surface area contributed by atoms with Crippen LogP contribution in [0.15, 0.2) is 5.03 Å². The molecule has 0 aliphatic carbocycles. The van der Waals surface area contributed by atoms with E-state index in [1.54, 1.807) is 0 Å². The third-order valence-electron chi connectivity index (χ3n) is 2.43. The number of nitrogens with two attached hydrogens (primary N) is 1. The van der Waals surface area contributed by atoms with Crippen LogP contribution in [0.25, 0.3) is 0 Å². The normalized spacial score (nSPS) is 10.0. The van der Waals surface area contributed by atoms with Gasteiger partial charge in [-0.05, 0) is 30.7 Å². The summed E-state index contributed by atoms with van der Waals surface area (Å²) in [5.41, 5.74) is 2.40. The van der Waals surface area contributed by atoms with E-state index in [-0.39, 0.29) is 5.49 Å². The lowest BCUT2D eigenvalue weighted by molar-refractivity contribution is 0.759. The van der Waals surface area contributed by atoms with Gasteiger partial charge in [-0.2, -0.15) is 5.26 Å². The zero-order valence-corrected chi connectivity index (χ0v) is 9.90. The Bertz CT molecular complexity index is 482. The van der Waals surface area contributed by atoms with Gasteiger partial charge < -0.3 is 5.84 Å². The molecule has 1 aromatic rings. The Hall–Kier alpha value is -1.41.